The Kier molecular flexibility index (Phi) is 3.96. The molecule has 1 aromatic carbocycles. The van der Waals surface area contributed by atoms with Crippen molar-refractivity contribution in [3.8, 4) is 0 Å². The lowest BCUT2D eigenvalue weighted by Crippen LogP contribution is -2.23. The number of benzene rings is 1. The average molecular weight is 246 g/mol. The van der Waals surface area contributed by atoms with Crippen LogP contribution < -0.4 is 10.6 Å². The largest absolute Gasteiger partial charge is 0.371 e. The molecule has 2 nitrogen and oxygen atoms in total. The van der Waals surface area contributed by atoms with E-state index in [2.05, 4.69) is 49.9 Å². The minimum Gasteiger partial charge on any atom is -0.371 e. The molecule has 1 aliphatic heterocycles. The summed E-state index contributed by atoms with van der Waals surface area (Å²) in [5.41, 5.74) is 9.16. The first-order valence-corrected chi connectivity index (χ1v) is 7.10. The molecule has 0 aromatic heterocycles. The molecule has 1 aliphatic rings. The van der Waals surface area contributed by atoms with Crippen molar-refractivity contribution >= 4 is 5.69 Å². The molecule has 1 unspecified atom stereocenters. The van der Waals surface area contributed by atoms with Gasteiger partial charge in [0.15, 0.2) is 0 Å². The zero-order valence-electron chi connectivity index (χ0n) is 11.9. The van der Waals surface area contributed by atoms with Crippen molar-refractivity contribution in [2.45, 2.75) is 46.1 Å². The van der Waals surface area contributed by atoms with E-state index in [-0.39, 0.29) is 0 Å². The summed E-state index contributed by atoms with van der Waals surface area (Å²) in [5.74, 6) is 0. The Morgan fingerprint density at radius 1 is 1.28 bits per heavy atom. The van der Waals surface area contributed by atoms with E-state index in [0.29, 0.717) is 11.5 Å². The minimum atomic E-state index is 0.293. The highest BCUT2D eigenvalue weighted by atomic mass is 15.2. The fourth-order valence-corrected chi connectivity index (χ4v) is 2.62. The van der Waals surface area contributed by atoms with Gasteiger partial charge < -0.3 is 10.6 Å². The standard InChI is InChI=1S/C16H26N2/c1-4-14(17)11-13-5-7-15(8-6-13)18-10-9-16(2,3)12-18/h5-8,14H,4,9-12,17H2,1-3H3. The van der Waals surface area contributed by atoms with E-state index in [1.807, 2.05) is 0 Å². The Labute approximate surface area is 111 Å². The molecule has 1 fully saturated rings. The summed E-state index contributed by atoms with van der Waals surface area (Å²) in [4.78, 5) is 2.49. The monoisotopic (exact) mass is 246 g/mol. The molecule has 1 atom stereocenters. The van der Waals surface area contributed by atoms with Gasteiger partial charge in [0.2, 0.25) is 0 Å². The summed E-state index contributed by atoms with van der Waals surface area (Å²) in [6, 6.07) is 9.26. The Balaban J connectivity index is 2.00. The van der Waals surface area contributed by atoms with Gasteiger partial charge >= 0.3 is 0 Å². The molecule has 0 spiro atoms. The van der Waals surface area contributed by atoms with Crippen molar-refractivity contribution in [3.05, 3.63) is 29.8 Å². The Morgan fingerprint density at radius 3 is 2.44 bits per heavy atom. The van der Waals surface area contributed by atoms with E-state index in [1.165, 1.54) is 30.8 Å². The lowest BCUT2D eigenvalue weighted by Gasteiger charge is -2.22. The molecular weight excluding hydrogens is 220 g/mol. The topological polar surface area (TPSA) is 29.3 Å². The molecule has 18 heavy (non-hydrogen) atoms. The molecule has 100 valence electrons. The summed E-state index contributed by atoms with van der Waals surface area (Å²) < 4.78 is 0. The van der Waals surface area contributed by atoms with E-state index in [4.69, 9.17) is 5.73 Å². The lowest BCUT2D eigenvalue weighted by molar-refractivity contribution is 0.418. The highest BCUT2D eigenvalue weighted by Crippen LogP contribution is 2.32. The normalized spacial score (nSPS) is 20.1. The second-order valence-electron chi connectivity index (χ2n) is 6.37. The number of nitrogens with zero attached hydrogens (tertiary/aromatic N) is 1. The summed E-state index contributed by atoms with van der Waals surface area (Å²) >= 11 is 0. The van der Waals surface area contributed by atoms with Crippen LogP contribution in [0.1, 0.15) is 39.2 Å². The van der Waals surface area contributed by atoms with Gasteiger partial charge in [-0.25, -0.2) is 0 Å². The van der Waals surface area contributed by atoms with Gasteiger partial charge in [-0.3, -0.25) is 0 Å². The number of hydrogen-bond acceptors (Lipinski definition) is 2. The molecule has 2 rings (SSSR count). The summed E-state index contributed by atoms with van der Waals surface area (Å²) in [5, 5.41) is 0. The van der Waals surface area contributed by atoms with Crippen LogP contribution in [-0.2, 0) is 6.42 Å². The summed E-state index contributed by atoms with van der Waals surface area (Å²) in [6.45, 7) is 9.19. The Bertz CT molecular complexity index is 381. The van der Waals surface area contributed by atoms with Crippen molar-refractivity contribution < 1.29 is 0 Å². The van der Waals surface area contributed by atoms with Gasteiger partial charge in [-0.2, -0.15) is 0 Å². The second kappa shape index (κ2) is 5.31. The molecule has 0 bridgehead atoms. The van der Waals surface area contributed by atoms with Crippen LogP contribution in [0.5, 0.6) is 0 Å². The molecule has 1 saturated heterocycles. The number of anilines is 1. The predicted molar refractivity (Wildman–Crippen MR) is 79.0 cm³/mol. The van der Waals surface area contributed by atoms with Crippen LogP contribution in [0.3, 0.4) is 0 Å². The van der Waals surface area contributed by atoms with Crippen LogP contribution in [0.2, 0.25) is 0 Å². The van der Waals surface area contributed by atoms with Crippen molar-refractivity contribution in [2.75, 3.05) is 18.0 Å². The maximum Gasteiger partial charge on any atom is 0.0366 e. The molecular formula is C16H26N2. The van der Waals surface area contributed by atoms with E-state index >= 15 is 0 Å². The van der Waals surface area contributed by atoms with Crippen molar-refractivity contribution in [3.63, 3.8) is 0 Å². The van der Waals surface area contributed by atoms with E-state index in [9.17, 15) is 0 Å². The predicted octanol–water partition coefficient (Wildman–Crippen LogP) is 3.20. The maximum atomic E-state index is 5.99. The summed E-state index contributed by atoms with van der Waals surface area (Å²) in [6.07, 6.45) is 3.32. The first-order chi connectivity index (χ1) is 8.50. The molecule has 1 aromatic rings. The smallest absolute Gasteiger partial charge is 0.0366 e. The maximum absolute atomic E-state index is 5.99. The average Bonchev–Trinajstić information content (AvgIpc) is 2.70. The van der Waals surface area contributed by atoms with E-state index in [0.717, 1.165) is 12.8 Å². The van der Waals surface area contributed by atoms with Crippen molar-refractivity contribution in [1.82, 2.24) is 0 Å². The molecule has 0 amide bonds. The van der Waals surface area contributed by atoms with Gasteiger partial charge in [0.1, 0.15) is 0 Å². The fourth-order valence-electron chi connectivity index (χ4n) is 2.62. The number of hydrogen-bond donors (Lipinski definition) is 1. The first kappa shape index (κ1) is 13.4. The zero-order chi connectivity index (χ0) is 13.2. The van der Waals surface area contributed by atoms with Crippen LogP contribution in [-0.4, -0.2) is 19.1 Å². The third-order valence-electron chi connectivity index (χ3n) is 4.00. The van der Waals surface area contributed by atoms with Gasteiger partial charge in [-0.05, 0) is 42.4 Å². The van der Waals surface area contributed by atoms with Gasteiger partial charge in [-0.15, -0.1) is 0 Å². The van der Waals surface area contributed by atoms with Crippen molar-refractivity contribution in [2.24, 2.45) is 11.1 Å². The lowest BCUT2D eigenvalue weighted by atomic mass is 9.93. The minimum absolute atomic E-state index is 0.293. The third-order valence-corrected chi connectivity index (χ3v) is 4.00. The van der Waals surface area contributed by atoms with E-state index < -0.39 is 0 Å². The van der Waals surface area contributed by atoms with Gasteiger partial charge in [-0.1, -0.05) is 32.9 Å². The van der Waals surface area contributed by atoms with E-state index in [1.54, 1.807) is 0 Å². The van der Waals surface area contributed by atoms with Gasteiger partial charge in [0.05, 0.1) is 0 Å². The third kappa shape index (κ3) is 3.26. The van der Waals surface area contributed by atoms with Gasteiger partial charge in [0.25, 0.3) is 0 Å². The zero-order valence-corrected chi connectivity index (χ0v) is 11.9. The number of rotatable bonds is 4. The summed E-state index contributed by atoms with van der Waals surface area (Å²) in [7, 11) is 0. The quantitative estimate of drug-likeness (QED) is 0.884. The first-order valence-electron chi connectivity index (χ1n) is 7.10. The van der Waals surface area contributed by atoms with Crippen LogP contribution in [0.15, 0.2) is 24.3 Å². The van der Waals surface area contributed by atoms with Crippen molar-refractivity contribution in [1.29, 1.82) is 0 Å². The fraction of sp³-hybridized carbons (Fsp3) is 0.625. The Hall–Kier alpha value is -1.02. The molecule has 2 heteroatoms. The Morgan fingerprint density at radius 2 is 1.94 bits per heavy atom. The van der Waals surface area contributed by atoms with Crippen LogP contribution in [0.25, 0.3) is 0 Å². The molecule has 0 saturated carbocycles. The van der Waals surface area contributed by atoms with Crippen LogP contribution in [0.4, 0.5) is 5.69 Å². The molecule has 0 radical (unpaired) electrons. The second-order valence-corrected chi connectivity index (χ2v) is 6.37. The van der Waals surface area contributed by atoms with Crippen LogP contribution in [0, 0.1) is 5.41 Å². The SMILES string of the molecule is CCC(N)Cc1ccc(N2CCC(C)(C)C2)cc1. The highest BCUT2D eigenvalue weighted by Gasteiger charge is 2.29. The highest BCUT2D eigenvalue weighted by molar-refractivity contribution is 5.49. The number of nitrogens with two attached hydrogens (primary N) is 1. The van der Waals surface area contributed by atoms with Crippen LogP contribution >= 0.6 is 0 Å². The van der Waals surface area contributed by atoms with Gasteiger partial charge in [0, 0.05) is 24.8 Å². The molecule has 1 heterocycles. The molecule has 0 aliphatic carbocycles. The molecule has 2 N–H and O–H groups in total.